The predicted octanol–water partition coefficient (Wildman–Crippen LogP) is 0.438. The van der Waals surface area contributed by atoms with Crippen molar-refractivity contribution in [1.29, 1.82) is 0 Å². The normalized spacial score (nSPS) is 10.1. The number of pyridine rings is 1. The van der Waals surface area contributed by atoms with E-state index in [2.05, 4.69) is 25.5 Å². The van der Waals surface area contributed by atoms with Gasteiger partial charge in [-0.25, -0.2) is 4.98 Å². The van der Waals surface area contributed by atoms with Gasteiger partial charge in [-0.2, -0.15) is 5.10 Å². The van der Waals surface area contributed by atoms with Crippen LogP contribution in [0.2, 0.25) is 0 Å². The molecule has 6 nitrogen and oxygen atoms in total. The maximum Gasteiger partial charge on any atom is 0.288 e. The number of aromatic nitrogens is 4. The van der Waals surface area contributed by atoms with E-state index < -0.39 is 0 Å². The number of aryl methyl sites for hydroxylation is 1. The van der Waals surface area contributed by atoms with Crippen molar-refractivity contribution in [3.05, 3.63) is 41.7 Å². The molecular formula is C10H11N5O. The number of H-pyrrole nitrogens is 1. The number of carbonyl (C=O) groups is 1. The molecule has 2 heterocycles. The SMILES string of the molecule is Cc1cccnc1CNC(=O)c1ncn[nH]1. The zero-order valence-corrected chi connectivity index (χ0v) is 8.77. The minimum absolute atomic E-state index is 0.202. The van der Waals surface area contributed by atoms with Crippen molar-refractivity contribution in [2.24, 2.45) is 0 Å². The molecule has 0 aromatic carbocycles. The molecule has 2 aromatic rings. The molecule has 0 atom stereocenters. The maximum absolute atomic E-state index is 11.5. The zero-order chi connectivity index (χ0) is 11.4. The van der Waals surface area contributed by atoms with Crippen LogP contribution in [0.5, 0.6) is 0 Å². The van der Waals surface area contributed by atoms with Crippen molar-refractivity contribution >= 4 is 5.91 Å². The summed E-state index contributed by atoms with van der Waals surface area (Å²) in [7, 11) is 0. The van der Waals surface area contributed by atoms with Gasteiger partial charge in [0.2, 0.25) is 5.82 Å². The van der Waals surface area contributed by atoms with E-state index in [1.165, 1.54) is 6.33 Å². The molecular weight excluding hydrogens is 206 g/mol. The molecule has 82 valence electrons. The largest absolute Gasteiger partial charge is 0.344 e. The quantitative estimate of drug-likeness (QED) is 0.781. The molecule has 0 radical (unpaired) electrons. The van der Waals surface area contributed by atoms with Gasteiger partial charge in [-0.15, -0.1) is 0 Å². The summed E-state index contributed by atoms with van der Waals surface area (Å²) in [6, 6.07) is 3.81. The summed E-state index contributed by atoms with van der Waals surface area (Å²) in [5.74, 6) is -0.0869. The highest BCUT2D eigenvalue weighted by molar-refractivity contribution is 5.90. The van der Waals surface area contributed by atoms with Crippen molar-refractivity contribution in [1.82, 2.24) is 25.5 Å². The first-order chi connectivity index (χ1) is 7.77. The van der Waals surface area contributed by atoms with Gasteiger partial charge < -0.3 is 5.32 Å². The van der Waals surface area contributed by atoms with Crippen LogP contribution in [0.3, 0.4) is 0 Å². The van der Waals surface area contributed by atoms with E-state index in [1.54, 1.807) is 6.20 Å². The Morgan fingerprint density at radius 2 is 2.38 bits per heavy atom. The van der Waals surface area contributed by atoms with Crippen molar-refractivity contribution in [3.63, 3.8) is 0 Å². The van der Waals surface area contributed by atoms with Crippen LogP contribution in [0.1, 0.15) is 21.9 Å². The molecule has 0 aliphatic carbocycles. The number of hydrogen-bond donors (Lipinski definition) is 2. The molecule has 0 saturated carbocycles. The molecule has 0 bridgehead atoms. The second-order valence-electron chi connectivity index (χ2n) is 3.28. The van der Waals surface area contributed by atoms with Crippen molar-refractivity contribution in [3.8, 4) is 0 Å². The zero-order valence-electron chi connectivity index (χ0n) is 8.77. The van der Waals surface area contributed by atoms with Gasteiger partial charge in [0, 0.05) is 6.20 Å². The van der Waals surface area contributed by atoms with Crippen molar-refractivity contribution in [2.75, 3.05) is 0 Å². The molecule has 6 heteroatoms. The molecule has 1 amide bonds. The Kier molecular flexibility index (Phi) is 2.90. The molecule has 16 heavy (non-hydrogen) atoms. The van der Waals surface area contributed by atoms with E-state index in [9.17, 15) is 4.79 Å². The minimum Gasteiger partial charge on any atom is -0.344 e. The Balaban J connectivity index is 1.98. The predicted molar refractivity (Wildman–Crippen MR) is 56.5 cm³/mol. The van der Waals surface area contributed by atoms with E-state index >= 15 is 0 Å². The van der Waals surface area contributed by atoms with Gasteiger partial charge in [-0.1, -0.05) is 6.07 Å². The van der Waals surface area contributed by atoms with Crippen LogP contribution in [0.4, 0.5) is 0 Å². The first-order valence-corrected chi connectivity index (χ1v) is 4.81. The van der Waals surface area contributed by atoms with Crippen LogP contribution >= 0.6 is 0 Å². The van der Waals surface area contributed by atoms with Crippen LogP contribution < -0.4 is 5.32 Å². The van der Waals surface area contributed by atoms with E-state index in [0.717, 1.165) is 11.3 Å². The lowest BCUT2D eigenvalue weighted by atomic mass is 10.2. The fraction of sp³-hybridized carbons (Fsp3) is 0.200. The second kappa shape index (κ2) is 4.52. The Hall–Kier alpha value is -2.24. The number of nitrogens with one attached hydrogen (secondary N) is 2. The smallest absolute Gasteiger partial charge is 0.288 e. The summed E-state index contributed by atoms with van der Waals surface area (Å²) >= 11 is 0. The number of amides is 1. The monoisotopic (exact) mass is 217 g/mol. The second-order valence-corrected chi connectivity index (χ2v) is 3.28. The summed E-state index contributed by atoms with van der Waals surface area (Å²) < 4.78 is 0. The molecule has 0 unspecified atom stereocenters. The van der Waals surface area contributed by atoms with Gasteiger partial charge in [0.05, 0.1) is 12.2 Å². The molecule has 0 spiro atoms. The lowest BCUT2D eigenvalue weighted by Gasteiger charge is -2.04. The Morgan fingerprint density at radius 3 is 3.06 bits per heavy atom. The number of carbonyl (C=O) groups excluding carboxylic acids is 1. The summed E-state index contributed by atoms with van der Waals surface area (Å²) in [6.07, 6.45) is 2.99. The molecule has 0 aliphatic heterocycles. The third-order valence-electron chi connectivity index (χ3n) is 2.16. The average molecular weight is 217 g/mol. The van der Waals surface area contributed by atoms with E-state index in [1.807, 2.05) is 19.1 Å². The first-order valence-electron chi connectivity index (χ1n) is 4.81. The fourth-order valence-corrected chi connectivity index (χ4v) is 1.27. The van der Waals surface area contributed by atoms with E-state index in [4.69, 9.17) is 0 Å². The molecule has 0 saturated heterocycles. The Labute approximate surface area is 92.1 Å². The standard InChI is InChI=1S/C10H11N5O/c1-7-3-2-4-11-8(7)5-12-10(16)9-13-6-14-15-9/h2-4,6H,5H2,1H3,(H,12,16)(H,13,14,15). The van der Waals surface area contributed by atoms with Gasteiger partial charge in [0.25, 0.3) is 5.91 Å². The topological polar surface area (TPSA) is 83.6 Å². The molecule has 0 fully saturated rings. The van der Waals surface area contributed by atoms with E-state index in [0.29, 0.717) is 6.54 Å². The lowest BCUT2D eigenvalue weighted by molar-refractivity contribution is 0.0940. The minimum atomic E-state index is -0.289. The summed E-state index contributed by atoms with van der Waals surface area (Å²) in [5.41, 5.74) is 1.88. The highest BCUT2D eigenvalue weighted by Crippen LogP contribution is 2.02. The lowest BCUT2D eigenvalue weighted by Crippen LogP contribution is -2.24. The Bertz CT molecular complexity index is 480. The molecule has 2 rings (SSSR count). The Morgan fingerprint density at radius 1 is 1.50 bits per heavy atom. The van der Waals surface area contributed by atoms with Gasteiger partial charge in [0.1, 0.15) is 6.33 Å². The number of nitrogens with zero attached hydrogens (tertiary/aromatic N) is 3. The summed E-state index contributed by atoms with van der Waals surface area (Å²) in [4.78, 5) is 19.4. The third-order valence-corrected chi connectivity index (χ3v) is 2.16. The summed E-state index contributed by atoms with van der Waals surface area (Å²) in [5, 5.41) is 8.80. The highest BCUT2D eigenvalue weighted by atomic mass is 16.2. The van der Waals surface area contributed by atoms with Crippen LogP contribution in [0.15, 0.2) is 24.7 Å². The fourth-order valence-electron chi connectivity index (χ4n) is 1.27. The van der Waals surface area contributed by atoms with Gasteiger partial charge in [-0.05, 0) is 18.6 Å². The number of rotatable bonds is 3. The van der Waals surface area contributed by atoms with Crippen molar-refractivity contribution < 1.29 is 4.79 Å². The van der Waals surface area contributed by atoms with Crippen LogP contribution in [-0.4, -0.2) is 26.1 Å². The van der Waals surface area contributed by atoms with Gasteiger partial charge >= 0.3 is 0 Å². The highest BCUT2D eigenvalue weighted by Gasteiger charge is 2.08. The average Bonchev–Trinajstić information content (AvgIpc) is 2.81. The van der Waals surface area contributed by atoms with Gasteiger partial charge in [-0.3, -0.25) is 14.9 Å². The van der Waals surface area contributed by atoms with Crippen molar-refractivity contribution in [2.45, 2.75) is 13.5 Å². The number of aromatic amines is 1. The summed E-state index contributed by atoms with van der Waals surface area (Å²) in [6.45, 7) is 2.33. The van der Waals surface area contributed by atoms with Crippen LogP contribution in [0, 0.1) is 6.92 Å². The molecule has 2 N–H and O–H groups in total. The third kappa shape index (κ3) is 2.22. The molecule has 2 aromatic heterocycles. The molecule has 0 aliphatic rings. The van der Waals surface area contributed by atoms with Crippen LogP contribution in [0.25, 0.3) is 0 Å². The van der Waals surface area contributed by atoms with Gasteiger partial charge in [0.15, 0.2) is 0 Å². The van der Waals surface area contributed by atoms with Crippen LogP contribution in [-0.2, 0) is 6.54 Å². The first kappa shape index (κ1) is 10.3. The maximum atomic E-state index is 11.5. The number of hydrogen-bond acceptors (Lipinski definition) is 4. The van der Waals surface area contributed by atoms with E-state index in [-0.39, 0.29) is 11.7 Å².